The highest BCUT2D eigenvalue weighted by atomic mass is 16.5. The molecule has 7 heteroatoms. The summed E-state index contributed by atoms with van der Waals surface area (Å²) in [4.78, 5) is 4.34. The molecule has 0 bridgehead atoms. The minimum Gasteiger partial charge on any atom is -0.377 e. The zero-order valence-electron chi connectivity index (χ0n) is 12.2. The molecule has 21 heavy (non-hydrogen) atoms. The maximum atomic E-state index is 5.58. The summed E-state index contributed by atoms with van der Waals surface area (Å²) >= 11 is 0. The summed E-state index contributed by atoms with van der Waals surface area (Å²) in [6.07, 6.45) is 5.34. The first-order valence-electron chi connectivity index (χ1n) is 7.41. The Morgan fingerprint density at radius 1 is 1.48 bits per heavy atom. The first kappa shape index (κ1) is 14.1. The fraction of sp³-hybridized carbons (Fsp3) is 0.571. The van der Waals surface area contributed by atoms with Gasteiger partial charge in [-0.2, -0.15) is 4.68 Å². The van der Waals surface area contributed by atoms with Gasteiger partial charge in [0.1, 0.15) is 0 Å². The Labute approximate surface area is 123 Å². The van der Waals surface area contributed by atoms with E-state index in [1.807, 2.05) is 12.1 Å². The van der Waals surface area contributed by atoms with Crippen LogP contribution in [0.1, 0.15) is 31.2 Å². The number of aryl methyl sites for hydroxylation is 1. The summed E-state index contributed by atoms with van der Waals surface area (Å²) in [5.41, 5.74) is 1.22. The normalized spacial score (nSPS) is 18.2. The Bertz CT molecular complexity index is 578. The maximum Gasteiger partial charge on any atom is 0.172 e. The summed E-state index contributed by atoms with van der Waals surface area (Å²) in [6, 6.07) is 4.02. The molecule has 0 aliphatic carbocycles. The third-order valence-corrected chi connectivity index (χ3v) is 3.65. The molecule has 1 aliphatic heterocycles. The van der Waals surface area contributed by atoms with Crippen LogP contribution < -0.4 is 5.32 Å². The maximum absolute atomic E-state index is 5.58. The van der Waals surface area contributed by atoms with Crippen molar-refractivity contribution in [3.05, 3.63) is 29.7 Å². The molecule has 3 rings (SSSR count). The van der Waals surface area contributed by atoms with E-state index in [0.717, 1.165) is 44.1 Å². The average Bonchev–Trinajstić information content (AvgIpc) is 3.19. The molecule has 0 aromatic carbocycles. The Kier molecular flexibility index (Phi) is 4.52. The monoisotopic (exact) mass is 288 g/mol. The van der Waals surface area contributed by atoms with Gasteiger partial charge in [-0.1, -0.05) is 6.92 Å². The van der Waals surface area contributed by atoms with E-state index in [0.29, 0.717) is 12.6 Å². The molecule has 7 nitrogen and oxygen atoms in total. The minimum atomic E-state index is 0.316. The fourth-order valence-corrected chi connectivity index (χ4v) is 2.44. The first-order chi connectivity index (χ1) is 10.4. The highest BCUT2D eigenvalue weighted by Gasteiger charge is 2.15. The molecule has 2 aromatic heterocycles. The first-order valence-corrected chi connectivity index (χ1v) is 7.41. The molecular weight excluding hydrogens is 268 g/mol. The van der Waals surface area contributed by atoms with Crippen LogP contribution >= 0.6 is 0 Å². The van der Waals surface area contributed by atoms with Gasteiger partial charge in [-0.05, 0) is 47.4 Å². The summed E-state index contributed by atoms with van der Waals surface area (Å²) < 4.78 is 7.27. The molecule has 2 aromatic rings. The lowest BCUT2D eigenvalue weighted by molar-refractivity contribution is 0.109. The van der Waals surface area contributed by atoms with Crippen molar-refractivity contribution >= 4 is 0 Å². The number of nitrogens with one attached hydrogen (secondary N) is 1. The van der Waals surface area contributed by atoms with Gasteiger partial charge in [-0.3, -0.25) is 0 Å². The molecule has 1 fully saturated rings. The van der Waals surface area contributed by atoms with Crippen molar-refractivity contribution in [1.29, 1.82) is 0 Å². The Hall–Kier alpha value is -1.86. The third kappa shape index (κ3) is 3.43. The van der Waals surface area contributed by atoms with Crippen molar-refractivity contribution in [2.45, 2.75) is 38.8 Å². The molecule has 3 heterocycles. The summed E-state index contributed by atoms with van der Waals surface area (Å²) in [5.74, 6) is 1.52. The SMILES string of the molecule is CCc1ccnc(-n2nnnc2CNCC2CCCO2)c1. The molecule has 1 unspecified atom stereocenters. The second-order valence-corrected chi connectivity index (χ2v) is 5.15. The molecule has 1 saturated heterocycles. The van der Waals surface area contributed by atoms with E-state index in [9.17, 15) is 0 Å². The van der Waals surface area contributed by atoms with Gasteiger partial charge < -0.3 is 10.1 Å². The number of tetrazole rings is 1. The van der Waals surface area contributed by atoms with Gasteiger partial charge in [0.25, 0.3) is 0 Å². The molecule has 0 spiro atoms. The number of nitrogens with zero attached hydrogens (tertiary/aromatic N) is 5. The minimum absolute atomic E-state index is 0.316. The quantitative estimate of drug-likeness (QED) is 0.850. The molecule has 1 N–H and O–H groups in total. The molecule has 112 valence electrons. The third-order valence-electron chi connectivity index (χ3n) is 3.65. The highest BCUT2D eigenvalue weighted by molar-refractivity contribution is 5.27. The number of hydrogen-bond donors (Lipinski definition) is 1. The van der Waals surface area contributed by atoms with E-state index in [-0.39, 0.29) is 0 Å². The summed E-state index contributed by atoms with van der Waals surface area (Å²) in [5, 5.41) is 15.2. The lowest BCUT2D eigenvalue weighted by atomic mass is 10.2. The van der Waals surface area contributed by atoms with Gasteiger partial charge in [-0.15, -0.1) is 5.10 Å². The molecule has 1 atom stereocenters. The van der Waals surface area contributed by atoms with Crippen LogP contribution in [0.15, 0.2) is 18.3 Å². The van der Waals surface area contributed by atoms with Crippen molar-refractivity contribution < 1.29 is 4.74 Å². The van der Waals surface area contributed by atoms with Crippen LogP contribution in [0.25, 0.3) is 5.82 Å². The average molecular weight is 288 g/mol. The van der Waals surface area contributed by atoms with Crippen LogP contribution in [0.2, 0.25) is 0 Å². The largest absolute Gasteiger partial charge is 0.377 e. The number of ether oxygens (including phenoxy) is 1. The lowest BCUT2D eigenvalue weighted by Crippen LogP contribution is -2.27. The van der Waals surface area contributed by atoms with E-state index in [1.165, 1.54) is 5.56 Å². The second kappa shape index (κ2) is 6.73. The van der Waals surface area contributed by atoms with Crippen molar-refractivity contribution in [1.82, 2.24) is 30.5 Å². The predicted octanol–water partition coefficient (Wildman–Crippen LogP) is 0.888. The smallest absolute Gasteiger partial charge is 0.172 e. The van der Waals surface area contributed by atoms with Crippen LogP contribution in [0.4, 0.5) is 0 Å². The van der Waals surface area contributed by atoms with E-state index in [2.05, 4.69) is 32.7 Å². The van der Waals surface area contributed by atoms with Crippen molar-refractivity contribution in [3.63, 3.8) is 0 Å². The standard InChI is InChI=1S/C14H20N6O/c1-2-11-5-6-16-13(8-11)20-14(17-18-19-20)10-15-9-12-4-3-7-21-12/h5-6,8,12,15H,2-4,7,9-10H2,1H3. The fourth-order valence-electron chi connectivity index (χ4n) is 2.44. The van der Waals surface area contributed by atoms with E-state index < -0.39 is 0 Å². The number of pyridine rings is 1. The van der Waals surface area contributed by atoms with Crippen molar-refractivity contribution in [2.75, 3.05) is 13.2 Å². The lowest BCUT2D eigenvalue weighted by Gasteiger charge is -2.10. The van der Waals surface area contributed by atoms with Gasteiger partial charge in [0.05, 0.1) is 12.6 Å². The van der Waals surface area contributed by atoms with Crippen molar-refractivity contribution in [2.24, 2.45) is 0 Å². The molecule has 0 amide bonds. The molecule has 1 aliphatic rings. The van der Waals surface area contributed by atoms with Crippen LogP contribution in [0.5, 0.6) is 0 Å². The van der Waals surface area contributed by atoms with Crippen LogP contribution in [-0.2, 0) is 17.7 Å². The zero-order valence-corrected chi connectivity index (χ0v) is 12.2. The molecule has 0 radical (unpaired) electrons. The Morgan fingerprint density at radius 2 is 2.43 bits per heavy atom. The second-order valence-electron chi connectivity index (χ2n) is 5.15. The van der Waals surface area contributed by atoms with Crippen LogP contribution in [0, 0.1) is 0 Å². The van der Waals surface area contributed by atoms with Gasteiger partial charge in [0, 0.05) is 19.3 Å². The molecular formula is C14H20N6O. The Balaban J connectivity index is 1.65. The molecule has 0 saturated carbocycles. The van der Waals surface area contributed by atoms with Crippen molar-refractivity contribution in [3.8, 4) is 5.82 Å². The summed E-state index contributed by atoms with van der Waals surface area (Å²) in [7, 11) is 0. The van der Waals surface area contributed by atoms with E-state index >= 15 is 0 Å². The predicted molar refractivity (Wildman–Crippen MR) is 77.0 cm³/mol. The van der Waals surface area contributed by atoms with E-state index in [4.69, 9.17) is 4.74 Å². The van der Waals surface area contributed by atoms with Gasteiger partial charge in [0.15, 0.2) is 11.6 Å². The topological polar surface area (TPSA) is 77.8 Å². The summed E-state index contributed by atoms with van der Waals surface area (Å²) in [6.45, 7) is 4.42. The van der Waals surface area contributed by atoms with Gasteiger partial charge in [-0.25, -0.2) is 4.98 Å². The van der Waals surface area contributed by atoms with Crippen LogP contribution in [-0.4, -0.2) is 44.4 Å². The van der Waals surface area contributed by atoms with Gasteiger partial charge >= 0.3 is 0 Å². The van der Waals surface area contributed by atoms with Gasteiger partial charge in [0.2, 0.25) is 0 Å². The number of hydrogen-bond acceptors (Lipinski definition) is 6. The zero-order chi connectivity index (χ0) is 14.5. The van der Waals surface area contributed by atoms with Crippen LogP contribution in [0.3, 0.4) is 0 Å². The number of aromatic nitrogens is 5. The Morgan fingerprint density at radius 3 is 3.24 bits per heavy atom. The number of rotatable bonds is 6. The van der Waals surface area contributed by atoms with E-state index in [1.54, 1.807) is 10.9 Å². The highest BCUT2D eigenvalue weighted by Crippen LogP contribution is 2.11.